The smallest absolute Gasteiger partial charge is 0.242 e. The number of nitrogens with zero attached hydrogens (tertiary/aromatic N) is 2. The quantitative estimate of drug-likeness (QED) is 0.131. The minimum atomic E-state index is -0.435. The zero-order chi connectivity index (χ0) is 29.1. The fourth-order valence-electron chi connectivity index (χ4n) is 4.90. The van der Waals surface area contributed by atoms with Crippen LogP contribution in [-0.2, 0) is 28.8 Å². The van der Waals surface area contributed by atoms with Crippen LogP contribution in [-0.4, -0.2) is 84.3 Å². The maximum Gasteiger partial charge on any atom is 0.242 e. The van der Waals surface area contributed by atoms with Crippen LogP contribution in [0.2, 0.25) is 0 Å². The third-order valence-corrected chi connectivity index (χ3v) is 11.5. The molecule has 0 aromatic heterocycles. The number of thiol groups is 1. The Morgan fingerprint density at radius 1 is 0.795 bits per heavy atom. The molecule has 39 heavy (non-hydrogen) atoms. The van der Waals surface area contributed by atoms with Crippen molar-refractivity contribution in [3.05, 3.63) is 0 Å². The molecule has 0 aromatic carbocycles. The number of likely N-dealkylation sites (tertiary alicyclic amines) is 2. The van der Waals surface area contributed by atoms with Gasteiger partial charge in [-0.2, -0.15) is 12.6 Å². The molecule has 0 aliphatic carbocycles. The molecule has 0 aromatic rings. The Labute approximate surface area is 246 Å². The van der Waals surface area contributed by atoms with Crippen molar-refractivity contribution in [1.82, 2.24) is 9.80 Å². The molecule has 220 valence electrons. The van der Waals surface area contributed by atoms with Gasteiger partial charge in [0.2, 0.25) is 23.6 Å². The van der Waals surface area contributed by atoms with Crippen molar-refractivity contribution in [3.8, 4) is 0 Å². The number of rotatable bonds is 19. The molecular formula is C28H44N2O6S3. The molecule has 2 fully saturated rings. The number of carbonyl (C=O) groups excluding carboxylic acids is 6. The number of ketones is 2. The van der Waals surface area contributed by atoms with Crippen LogP contribution in [0.15, 0.2) is 0 Å². The van der Waals surface area contributed by atoms with Crippen molar-refractivity contribution < 1.29 is 28.8 Å². The first-order valence-corrected chi connectivity index (χ1v) is 16.5. The van der Waals surface area contributed by atoms with Gasteiger partial charge < -0.3 is 9.59 Å². The highest BCUT2D eigenvalue weighted by Crippen LogP contribution is 2.38. The lowest BCUT2D eigenvalue weighted by molar-refractivity contribution is -0.139. The lowest BCUT2D eigenvalue weighted by Gasteiger charge is -2.29. The maximum absolute atomic E-state index is 13.0. The van der Waals surface area contributed by atoms with Crippen molar-refractivity contribution >= 4 is 71.3 Å². The third-order valence-electron chi connectivity index (χ3n) is 7.21. The summed E-state index contributed by atoms with van der Waals surface area (Å²) in [7, 11) is 0. The molecule has 11 heteroatoms. The van der Waals surface area contributed by atoms with E-state index in [2.05, 4.69) is 0 Å². The largest absolute Gasteiger partial charge is 0.300 e. The van der Waals surface area contributed by atoms with Gasteiger partial charge in [0.25, 0.3) is 0 Å². The fourth-order valence-corrected chi connectivity index (χ4v) is 8.48. The highest BCUT2D eigenvalue weighted by molar-refractivity contribution is 8.03. The normalized spacial score (nSPS) is 22.1. The van der Waals surface area contributed by atoms with Gasteiger partial charge in [0, 0.05) is 54.5 Å². The van der Waals surface area contributed by atoms with E-state index in [1.54, 1.807) is 13.8 Å². The summed E-state index contributed by atoms with van der Waals surface area (Å²) in [6.45, 7) is 7.95. The van der Waals surface area contributed by atoms with Gasteiger partial charge in [-0.1, -0.05) is 26.7 Å². The predicted octanol–water partition coefficient (Wildman–Crippen LogP) is 4.47. The van der Waals surface area contributed by atoms with Crippen molar-refractivity contribution in [1.29, 1.82) is 0 Å². The standard InChI is InChI=1S/C28H44N2O6S3/c1-5-21(39-23-17-25(34)30(28(23)36)15-11-7-9-13-19(3)32)26(37)20(4)38-22-16-24(33)29(27(22)35)14-10-6-8-12-18(2)31/h20-23,26,37H,5-17H2,1-4H3. The van der Waals surface area contributed by atoms with Crippen LogP contribution in [0.3, 0.4) is 0 Å². The van der Waals surface area contributed by atoms with E-state index in [1.165, 1.54) is 33.3 Å². The van der Waals surface area contributed by atoms with Crippen molar-refractivity contribution in [3.63, 3.8) is 0 Å². The minimum Gasteiger partial charge on any atom is -0.300 e. The number of hydrogen-bond acceptors (Lipinski definition) is 9. The summed E-state index contributed by atoms with van der Waals surface area (Å²) >= 11 is 7.83. The van der Waals surface area contributed by atoms with Crippen LogP contribution in [0.5, 0.6) is 0 Å². The number of carbonyl (C=O) groups is 6. The molecule has 0 spiro atoms. The molecule has 2 aliphatic heterocycles. The molecule has 4 amide bonds. The average Bonchev–Trinajstić information content (AvgIpc) is 3.29. The van der Waals surface area contributed by atoms with Gasteiger partial charge in [-0.15, -0.1) is 23.5 Å². The Kier molecular flexibility index (Phi) is 14.6. The molecule has 2 saturated heterocycles. The Bertz CT molecular complexity index is 914. The maximum atomic E-state index is 13.0. The van der Waals surface area contributed by atoms with E-state index in [0.29, 0.717) is 38.8 Å². The lowest BCUT2D eigenvalue weighted by Crippen LogP contribution is -2.35. The Hall–Kier alpha value is -1.33. The van der Waals surface area contributed by atoms with E-state index in [4.69, 9.17) is 12.6 Å². The van der Waals surface area contributed by atoms with Gasteiger partial charge >= 0.3 is 0 Å². The highest BCUT2D eigenvalue weighted by Gasteiger charge is 2.43. The first-order chi connectivity index (χ1) is 18.5. The van der Waals surface area contributed by atoms with E-state index in [9.17, 15) is 28.8 Å². The number of thioether (sulfide) groups is 2. The first kappa shape index (κ1) is 33.9. The van der Waals surface area contributed by atoms with Crippen LogP contribution < -0.4 is 0 Å². The molecule has 0 N–H and O–H groups in total. The average molecular weight is 601 g/mol. The zero-order valence-corrected chi connectivity index (χ0v) is 26.2. The Balaban J connectivity index is 1.83. The fraction of sp³-hybridized carbons (Fsp3) is 0.786. The first-order valence-electron chi connectivity index (χ1n) is 14.1. The summed E-state index contributed by atoms with van der Waals surface area (Å²) in [4.78, 5) is 75.8. The second-order valence-electron chi connectivity index (χ2n) is 10.6. The van der Waals surface area contributed by atoms with E-state index >= 15 is 0 Å². The molecule has 0 bridgehead atoms. The van der Waals surface area contributed by atoms with E-state index in [-0.39, 0.29) is 63.8 Å². The molecule has 2 aliphatic rings. The molecule has 8 nitrogen and oxygen atoms in total. The summed E-state index contributed by atoms with van der Waals surface area (Å²) in [5, 5.41) is -1.02. The highest BCUT2D eigenvalue weighted by atomic mass is 32.2. The van der Waals surface area contributed by atoms with Gasteiger partial charge in [0.1, 0.15) is 11.6 Å². The molecular weight excluding hydrogens is 557 g/mol. The van der Waals surface area contributed by atoms with Gasteiger partial charge in [0.15, 0.2) is 0 Å². The second kappa shape index (κ2) is 16.8. The Morgan fingerprint density at radius 3 is 1.64 bits per heavy atom. The zero-order valence-electron chi connectivity index (χ0n) is 23.7. The van der Waals surface area contributed by atoms with E-state index < -0.39 is 10.5 Å². The molecule has 5 unspecified atom stereocenters. The second-order valence-corrected chi connectivity index (χ2v) is 14.2. The summed E-state index contributed by atoms with van der Waals surface area (Å²) in [6, 6.07) is 0. The van der Waals surface area contributed by atoms with Gasteiger partial charge in [-0.3, -0.25) is 29.0 Å². The summed E-state index contributed by atoms with van der Waals surface area (Å²) < 4.78 is 0. The molecule has 0 radical (unpaired) electrons. The number of hydrogen-bond donors (Lipinski definition) is 1. The van der Waals surface area contributed by atoms with Gasteiger partial charge in [-0.25, -0.2) is 0 Å². The van der Waals surface area contributed by atoms with E-state index in [1.807, 2.05) is 13.8 Å². The van der Waals surface area contributed by atoms with Crippen LogP contribution in [0.25, 0.3) is 0 Å². The number of Topliss-reactive ketones (excluding diaryl/α,β-unsaturated/α-hetero) is 2. The summed E-state index contributed by atoms with van der Waals surface area (Å²) in [5.74, 6) is -0.292. The van der Waals surface area contributed by atoms with Gasteiger partial charge in [0.05, 0.1) is 10.5 Å². The predicted molar refractivity (Wildman–Crippen MR) is 160 cm³/mol. The molecule has 0 saturated carbocycles. The van der Waals surface area contributed by atoms with Crippen LogP contribution in [0.4, 0.5) is 0 Å². The molecule has 5 atom stereocenters. The number of amides is 4. The third kappa shape index (κ3) is 10.5. The van der Waals surface area contributed by atoms with E-state index in [0.717, 1.165) is 32.1 Å². The molecule has 2 rings (SSSR count). The molecule has 2 heterocycles. The van der Waals surface area contributed by atoms with Crippen LogP contribution >= 0.6 is 36.2 Å². The topological polar surface area (TPSA) is 109 Å². The Morgan fingerprint density at radius 2 is 1.23 bits per heavy atom. The SMILES string of the molecule is CCC(SC1CC(=O)N(CCCCCC(C)=O)C1=O)C(S)C(C)SC1CC(=O)N(CCCCCC(C)=O)C1=O. The van der Waals surface area contributed by atoms with Gasteiger partial charge in [-0.05, 0) is 46.0 Å². The van der Waals surface area contributed by atoms with Crippen molar-refractivity contribution in [2.45, 2.75) is 125 Å². The van der Waals surface area contributed by atoms with Crippen LogP contribution in [0.1, 0.15) is 98.3 Å². The van der Waals surface area contributed by atoms with Crippen molar-refractivity contribution in [2.24, 2.45) is 0 Å². The van der Waals surface area contributed by atoms with Crippen molar-refractivity contribution in [2.75, 3.05) is 13.1 Å². The summed E-state index contributed by atoms with van der Waals surface area (Å²) in [5.41, 5.74) is 0. The minimum absolute atomic E-state index is 0.0117. The van der Waals surface area contributed by atoms with Crippen LogP contribution in [0, 0.1) is 0 Å². The lowest BCUT2D eigenvalue weighted by atomic mass is 10.1. The number of unbranched alkanes of at least 4 members (excludes halogenated alkanes) is 4. The monoisotopic (exact) mass is 600 g/mol. The summed E-state index contributed by atoms with van der Waals surface area (Å²) in [6.07, 6.45) is 6.73. The number of imide groups is 2.